The number of methoxy groups -OCH3 is 1. The first-order chi connectivity index (χ1) is 9.82. The minimum Gasteiger partial charge on any atom is -0.465 e. The van der Waals surface area contributed by atoms with Gasteiger partial charge in [-0.05, 0) is 36.2 Å². The maximum absolute atomic E-state index is 13.1. The van der Waals surface area contributed by atoms with Crippen molar-refractivity contribution in [3.63, 3.8) is 0 Å². The minimum atomic E-state index is -4.43. The van der Waals surface area contributed by atoms with Crippen molar-refractivity contribution in [3.8, 4) is 11.1 Å². The van der Waals surface area contributed by atoms with E-state index in [1.54, 1.807) is 13.0 Å². The Morgan fingerprint density at radius 1 is 1.05 bits per heavy atom. The number of ether oxygens (including phenoxy) is 1. The van der Waals surface area contributed by atoms with Crippen LogP contribution in [0.25, 0.3) is 11.1 Å². The molecule has 2 aromatic carbocycles. The minimum absolute atomic E-state index is 0.0875. The van der Waals surface area contributed by atoms with Crippen molar-refractivity contribution >= 4 is 5.97 Å². The van der Waals surface area contributed by atoms with Crippen LogP contribution < -0.4 is 0 Å². The fourth-order valence-electron chi connectivity index (χ4n) is 2.05. The van der Waals surface area contributed by atoms with E-state index in [0.717, 1.165) is 6.07 Å². The lowest BCUT2D eigenvalue weighted by molar-refractivity contribution is -0.137. The van der Waals surface area contributed by atoms with E-state index in [1.807, 2.05) is 0 Å². The van der Waals surface area contributed by atoms with Crippen LogP contribution in [0.1, 0.15) is 21.5 Å². The maximum atomic E-state index is 13.1. The van der Waals surface area contributed by atoms with Crippen LogP contribution in [-0.2, 0) is 10.9 Å². The lowest BCUT2D eigenvalue weighted by Gasteiger charge is -2.14. The Balaban J connectivity index is 2.50. The van der Waals surface area contributed by atoms with Crippen molar-refractivity contribution in [2.45, 2.75) is 13.1 Å². The van der Waals surface area contributed by atoms with Gasteiger partial charge in [0, 0.05) is 0 Å². The molecule has 0 aliphatic heterocycles. The average Bonchev–Trinajstić information content (AvgIpc) is 2.45. The molecule has 2 aromatic rings. The first-order valence-corrected chi connectivity index (χ1v) is 6.19. The third-order valence-corrected chi connectivity index (χ3v) is 3.10. The number of alkyl halides is 3. The third kappa shape index (κ3) is 3.24. The summed E-state index contributed by atoms with van der Waals surface area (Å²) in [7, 11) is 1.25. The highest BCUT2D eigenvalue weighted by Crippen LogP contribution is 2.37. The first-order valence-electron chi connectivity index (χ1n) is 6.19. The van der Waals surface area contributed by atoms with E-state index in [-0.39, 0.29) is 5.56 Å². The van der Waals surface area contributed by atoms with E-state index >= 15 is 0 Å². The summed E-state index contributed by atoms with van der Waals surface area (Å²) in [5.74, 6) is -0.526. The molecule has 0 fully saturated rings. The summed E-state index contributed by atoms with van der Waals surface area (Å²) in [6.07, 6.45) is -4.43. The number of benzene rings is 2. The van der Waals surface area contributed by atoms with Gasteiger partial charge in [0.05, 0.1) is 18.2 Å². The summed E-state index contributed by atoms with van der Waals surface area (Å²) in [6, 6.07) is 10.0. The molecular formula is C16H13F3O2. The van der Waals surface area contributed by atoms with Crippen LogP contribution >= 0.6 is 0 Å². The fourth-order valence-corrected chi connectivity index (χ4v) is 2.05. The van der Waals surface area contributed by atoms with E-state index in [0.29, 0.717) is 16.7 Å². The van der Waals surface area contributed by atoms with E-state index in [2.05, 4.69) is 4.74 Å². The molecule has 0 aliphatic carbocycles. The van der Waals surface area contributed by atoms with Gasteiger partial charge < -0.3 is 4.74 Å². The maximum Gasteiger partial charge on any atom is 0.417 e. The number of carbonyl (C=O) groups excluding carboxylic acids is 1. The van der Waals surface area contributed by atoms with Crippen molar-refractivity contribution < 1.29 is 22.7 Å². The monoisotopic (exact) mass is 294 g/mol. The molecule has 0 radical (unpaired) electrons. The number of hydrogen-bond acceptors (Lipinski definition) is 2. The van der Waals surface area contributed by atoms with Crippen LogP contribution in [0.2, 0.25) is 0 Å². The molecule has 2 nitrogen and oxygen atoms in total. The van der Waals surface area contributed by atoms with E-state index in [9.17, 15) is 18.0 Å². The van der Waals surface area contributed by atoms with Crippen molar-refractivity contribution in [2.75, 3.05) is 7.11 Å². The van der Waals surface area contributed by atoms with Gasteiger partial charge in [-0.2, -0.15) is 13.2 Å². The van der Waals surface area contributed by atoms with Gasteiger partial charge in [0.2, 0.25) is 0 Å². The molecule has 0 aliphatic rings. The van der Waals surface area contributed by atoms with Gasteiger partial charge in [-0.25, -0.2) is 4.79 Å². The Labute approximate surface area is 120 Å². The molecule has 0 atom stereocenters. The van der Waals surface area contributed by atoms with E-state index in [4.69, 9.17) is 0 Å². The van der Waals surface area contributed by atoms with Crippen LogP contribution in [0, 0.1) is 6.92 Å². The molecule has 2 rings (SSSR count). The molecule has 0 bridgehead atoms. The van der Waals surface area contributed by atoms with Crippen LogP contribution in [0.4, 0.5) is 13.2 Å². The lowest BCUT2D eigenvalue weighted by atomic mass is 9.96. The molecule has 0 aromatic heterocycles. The average molecular weight is 294 g/mol. The van der Waals surface area contributed by atoms with Gasteiger partial charge in [-0.3, -0.25) is 0 Å². The highest BCUT2D eigenvalue weighted by Gasteiger charge is 2.33. The topological polar surface area (TPSA) is 26.3 Å². The normalized spacial score (nSPS) is 11.3. The zero-order chi connectivity index (χ0) is 15.6. The third-order valence-electron chi connectivity index (χ3n) is 3.10. The Kier molecular flexibility index (Phi) is 4.02. The Hall–Kier alpha value is -2.30. The van der Waals surface area contributed by atoms with Crippen LogP contribution in [0.5, 0.6) is 0 Å². The fraction of sp³-hybridized carbons (Fsp3) is 0.188. The van der Waals surface area contributed by atoms with Gasteiger partial charge in [-0.1, -0.05) is 29.8 Å². The smallest absolute Gasteiger partial charge is 0.417 e. The number of hydrogen-bond donors (Lipinski definition) is 0. The van der Waals surface area contributed by atoms with Gasteiger partial charge in [-0.15, -0.1) is 0 Å². The lowest BCUT2D eigenvalue weighted by Crippen LogP contribution is -2.07. The molecule has 0 N–H and O–H groups in total. The predicted octanol–water partition coefficient (Wildman–Crippen LogP) is 4.47. The Morgan fingerprint density at radius 3 is 2.19 bits per heavy atom. The highest BCUT2D eigenvalue weighted by atomic mass is 19.4. The largest absolute Gasteiger partial charge is 0.465 e. The summed E-state index contributed by atoms with van der Waals surface area (Å²) in [5, 5.41) is 0. The number of rotatable bonds is 2. The quantitative estimate of drug-likeness (QED) is 0.764. The standard InChI is InChI=1S/C16H13F3O2/c1-10-3-8-13(14(9-10)16(17,18)19)11-4-6-12(7-5-11)15(20)21-2/h3-9H,1-2H3. The number of halogens is 3. The molecule has 0 amide bonds. The molecule has 21 heavy (non-hydrogen) atoms. The summed E-state index contributed by atoms with van der Waals surface area (Å²) in [5.41, 5.74) is 0.631. The zero-order valence-electron chi connectivity index (χ0n) is 11.5. The van der Waals surface area contributed by atoms with Gasteiger partial charge >= 0.3 is 12.1 Å². The van der Waals surface area contributed by atoms with Gasteiger partial charge in [0.15, 0.2) is 0 Å². The van der Waals surface area contributed by atoms with Crippen molar-refractivity contribution in [1.29, 1.82) is 0 Å². The summed E-state index contributed by atoms with van der Waals surface area (Å²) >= 11 is 0. The first kappa shape index (κ1) is 15.1. The zero-order valence-corrected chi connectivity index (χ0v) is 11.5. The Bertz CT molecular complexity index is 658. The van der Waals surface area contributed by atoms with Crippen LogP contribution in [-0.4, -0.2) is 13.1 Å². The molecule has 0 heterocycles. The molecule has 0 spiro atoms. The number of carbonyl (C=O) groups is 1. The van der Waals surface area contributed by atoms with Crippen LogP contribution in [0.15, 0.2) is 42.5 Å². The van der Waals surface area contributed by atoms with Crippen molar-refractivity contribution in [3.05, 3.63) is 59.2 Å². The molecule has 0 unspecified atom stereocenters. The highest BCUT2D eigenvalue weighted by molar-refractivity contribution is 5.90. The van der Waals surface area contributed by atoms with E-state index in [1.165, 1.54) is 37.4 Å². The Morgan fingerprint density at radius 2 is 1.67 bits per heavy atom. The number of esters is 1. The summed E-state index contributed by atoms with van der Waals surface area (Å²) < 4.78 is 43.9. The summed E-state index contributed by atoms with van der Waals surface area (Å²) in [6.45, 7) is 1.61. The van der Waals surface area contributed by atoms with Crippen LogP contribution in [0.3, 0.4) is 0 Å². The molecule has 0 saturated heterocycles. The SMILES string of the molecule is COC(=O)c1ccc(-c2ccc(C)cc2C(F)(F)F)cc1. The van der Waals surface area contributed by atoms with E-state index < -0.39 is 17.7 Å². The molecular weight excluding hydrogens is 281 g/mol. The molecule has 110 valence electrons. The van der Waals surface area contributed by atoms with Gasteiger partial charge in [0.25, 0.3) is 0 Å². The second-order valence-electron chi connectivity index (χ2n) is 4.62. The second kappa shape index (κ2) is 5.60. The van der Waals surface area contributed by atoms with Gasteiger partial charge in [0.1, 0.15) is 0 Å². The molecule has 0 saturated carbocycles. The second-order valence-corrected chi connectivity index (χ2v) is 4.62. The van der Waals surface area contributed by atoms with Crippen molar-refractivity contribution in [1.82, 2.24) is 0 Å². The molecule has 5 heteroatoms. The number of aryl methyl sites for hydroxylation is 1. The van der Waals surface area contributed by atoms with Crippen molar-refractivity contribution in [2.24, 2.45) is 0 Å². The predicted molar refractivity (Wildman–Crippen MR) is 73.0 cm³/mol. The summed E-state index contributed by atoms with van der Waals surface area (Å²) in [4.78, 5) is 11.3.